The summed E-state index contributed by atoms with van der Waals surface area (Å²) in [5.74, 6) is 0. The third-order valence-corrected chi connectivity index (χ3v) is 3.50. The summed E-state index contributed by atoms with van der Waals surface area (Å²) in [5.41, 5.74) is 2.61. The number of aliphatic hydroxyl groups excluding tert-OH is 1. The highest BCUT2D eigenvalue weighted by Gasteiger charge is 2.26. The van der Waals surface area contributed by atoms with Gasteiger partial charge in [0.2, 0.25) is 0 Å². The Morgan fingerprint density at radius 2 is 2.18 bits per heavy atom. The van der Waals surface area contributed by atoms with Crippen molar-refractivity contribution in [1.29, 1.82) is 0 Å². The Morgan fingerprint density at radius 1 is 1.41 bits per heavy atom. The van der Waals surface area contributed by atoms with Crippen molar-refractivity contribution in [2.75, 3.05) is 24.6 Å². The molecule has 0 saturated carbocycles. The molecule has 1 aliphatic heterocycles. The molecular formula is C14H22N2O. The summed E-state index contributed by atoms with van der Waals surface area (Å²) in [6, 6.07) is 9.40. The van der Waals surface area contributed by atoms with Gasteiger partial charge in [-0.1, -0.05) is 18.2 Å². The summed E-state index contributed by atoms with van der Waals surface area (Å²) >= 11 is 0. The van der Waals surface area contributed by atoms with Crippen LogP contribution in [0.4, 0.5) is 5.69 Å². The molecule has 1 aromatic rings. The summed E-state index contributed by atoms with van der Waals surface area (Å²) < 4.78 is 0. The van der Waals surface area contributed by atoms with Gasteiger partial charge in [-0.05, 0) is 31.9 Å². The van der Waals surface area contributed by atoms with Crippen LogP contribution in [0.5, 0.6) is 0 Å². The van der Waals surface area contributed by atoms with Gasteiger partial charge < -0.3 is 15.3 Å². The molecule has 3 heteroatoms. The third-order valence-electron chi connectivity index (χ3n) is 3.50. The van der Waals surface area contributed by atoms with E-state index >= 15 is 0 Å². The van der Waals surface area contributed by atoms with Crippen LogP contribution in [-0.4, -0.2) is 36.9 Å². The number of anilines is 1. The Hall–Kier alpha value is -1.06. The van der Waals surface area contributed by atoms with Gasteiger partial charge in [0.05, 0.1) is 0 Å². The second-order valence-electron chi connectivity index (χ2n) is 4.91. The van der Waals surface area contributed by atoms with Crippen LogP contribution in [-0.2, 0) is 0 Å². The lowest BCUT2D eigenvalue weighted by Gasteiger charge is -2.41. The second-order valence-corrected chi connectivity index (χ2v) is 4.91. The van der Waals surface area contributed by atoms with Crippen LogP contribution in [0.2, 0.25) is 0 Å². The normalized spacial score (nSPS) is 25.0. The first-order valence-corrected chi connectivity index (χ1v) is 6.39. The molecule has 1 fully saturated rings. The zero-order valence-corrected chi connectivity index (χ0v) is 10.7. The van der Waals surface area contributed by atoms with Gasteiger partial charge in [0.25, 0.3) is 0 Å². The molecule has 2 unspecified atom stereocenters. The van der Waals surface area contributed by atoms with Crippen molar-refractivity contribution in [1.82, 2.24) is 5.32 Å². The number of hydrogen-bond donors (Lipinski definition) is 2. The minimum absolute atomic E-state index is 0.253. The van der Waals surface area contributed by atoms with Crippen LogP contribution in [0.15, 0.2) is 24.3 Å². The molecule has 0 spiro atoms. The van der Waals surface area contributed by atoms with Crippen LogP contribution in [0.25, 0.3) is 0 Å². The summed E-state index contributed by atoms with van der Waals surface area (Å²) in [5, 5.41) is 12.6. The van der Waals surface area contributed by atoms with Crippen LogP contribution in [0, 0.1) is 6.92 Å². The van der Waals surface area contributed by atoms with Crippen molar-refractivity contribution >= 4 is 5.69 Å². The minimum Gasteiger partial charge on any atom is -0.396 e. The predicted octanol–water partition coefficient (Wildman–Crippen LogP) is 1.54. The number of aliphatic hydroxyl groups is 1. The van der Waals surface area contributed by atoms with E-state index in [2.05, 4.69) is 48.3 Å². The fourth-order valence-electron chi connectivity index (χ4n) is 2.54. The molecule has 1 saturated heterocycles. The number of hydrogen-bond acceptors (Lipinski definition) is 3. The highest BCUT2D eigenvalue weighted by atomic mass is 16.3. The van der Waals surface area contributed by atoms with E-state index in [-0.39, 0.29) is 6.61 Å². The largest absolute Gasteiger partial charge is 0.396 e. The first-order valence-electron chi connectivity index (χ1n) is 6.39. The van der Waals surface area contributed by atoms with Crippen LogP contribution < -0.4 is 10.2 Å². The van der Waals surface area contributed by atoms with E-state index in [0.717, 1.165) is 19.5 Å². The molecule has 17 heavy (non-hydrogen) atoms. The standard InChI is InChI=1S/C14H22N2O/c1-11-5-3-4-6-14(11)16-10-12(2)15-9-13(16)7-8-17/h3-6,12-13,15,17H,7-10H2,1-2H3. The molecule has 0 radical (unpaired) electrons. The topological polar surface area (TPSA) is 35.5 Å². The first-order chi connectivity index (χ1) is 8.22. The Balaban J connectivity index is 2.22. The predicted molar refractivity (Wildman–Crippen MR) is 71.5 cm³/mol. The molecule has 1 heterocycles. The summed E-state index contributed by atoms with van der Waals surface area (Å²) in [6.45, 7) is 6.58. The Morgan fingerprint density at radius 3 is 2.88 bits per heavy atom. The summed E-state index contributed by atoms with van der Waals surface area (Å²) in [4.78, 5) is 2.44. The summed E-state index contributed by atoms with van der Waals surface area (Å²) in [6.07, 6.45) is 0.827. The van der Waals surface area contributed by atoms with E-state index in [1.807, 2.05) is 0 Å². The smallest absolute Gasteiger partial charge is 0.0451 e. The number of benzene rings is 1. The van der Waals surface area contributed by atoms with E-state index in [4.69, 9.17) is 5.11 Å². The van der Waals surface area contributed by atoms with E-state index in [0.29, 0.717) is 12.1 Å². The van der Waals surface area contributed by atoms with Crippen LogP contribution in [0.3, 0.4) is 0 Å². The maximum absolute atomic E-state index is 9.16. The highest BCUT2D eigenvalue weighted by Crippen LogP contribution is 2.24. The highest BCUT2D eigenvalue weighted by molar-refractivity contribution is 5.54. The SMILES string of the molecule is Cc1ccccc1N1CC(C)NCC1CCO. The number of para-hydroxylation sites is 1. The number of rotatable bonds is 3. The van der Waals surface area contributed by atoms with Gasteiger partial charge in [0.1, 0.15) is 0 Å². The van der Waals surface area contributed by atoms with E-state index in [9.17, 15) is 0 Å². The van der Waals surface area contributed by atoms with Gasteiger partial charge in [0.15, 0.2) is 0 Å². The monoisotopic (exact) mass is 234 g/mol. The summed E-state index contributed by atoms with van der Waals surface area (Å²) in [7, 11) is 0. The lowest BCUT2D eigenvalue weighted by atomic mass is 10.0. The Kier molecular flexibility index (Phi) is 4.02. The minimum atomic E-state index is 0.253. The molecule has 2 rings (SSSR count). The van der Waals surface area contributed by atoms with Crippen molar-refractivity contribution in [3.05, 3.63) is 29.8 Å². The van der Waals surface area contributed by atoms with Gasteiger partial charge >= 0.3 is 0 Å². The molecule has 1 aromatic carbocycles. The molecule has 0 amide bonds. The lowest BCUT2D eigenvalue weighted by Crippen LogP contribution is -2.56. The van der Waals surface area contributed by atoms with Gasteiger partial charge in [-0.2, -0.15) is 0 Å². The van der Waals surface area contributed by atoms with E-state index in [1.54, 1.807) is 0 Å². The lowest BCUT2D eigenvalue weighted by molar-refractivity contribution is 0.260. The van der Waals surface area contributed by atoms with Crippen molar-refractivity contribution < 1.29 is 5.11 Å². The maximum Gasteiger partial charge on any atom is 0.0451 e. The number of aryl methyl sites for hydroxylation is 1. The quantitative estimate of drug-likeness (QED) is 0.833. The Labute approximate surface area is 103 Å². The third kappa shape index (κ3) is 2.79. The zero-order valence-electron chi connectivity index (χ0n) is 10.7. The van der Waals surface area contributed by atoms with Gasteiger partial charge in [-0.15, -0.1) is 0 Å². The average molecular weight is 234 g/mol. The fraction of sp³-hybridized carbons (Fsp3) is 0.571. The zero-order chi connectivity index (χ0) is 12.3. The van der Waals surface area contributed by atoms with Crippen molar-refractivity contribution in [3.63, 3.8) is 0 Å². The van der Waals surface area contributed by atoms with Gasteiger partial charge in [-0.3, -0.25) is 0 Å². The van der Waals surface area contributed by atoms with E-state index in [1.165, 1.54) is 11.3 Å². The molecule has 94 valence electrons. The molecule has 3 nitrogen and oxygen atoms in total. The molecule has 2 atom stereocenters. The van der Waals surface area contributed by atoms with Crippen LogP contribution in [0.1, 0.15) is 18.9 Å². The number of nitrogens with one attached hydrogen (secondary N) is 1. The number of nitrogens with zero attached hydrogens (tertiary/aromatic N) is 1. The molecular weight excluding hydrogens is 212 g/mol. The number of piperazine rings is 1. The fourth-order valence-corrected chi connectivity index (χ4v) is 2.54. The molecule has 0 bridgehead atoms. The second kappa shape index (κ2) is 5.52. The van der Waals surface area contributed by atoms with Gasteiger partial charge in [0, 0.05) is 37.5 Å². The van der Waals surface area contributed by atoms with Crippen molar-refractivity contribution in [2.24, 2.45) is 0 Å². The Bertz CT molecular complexity index is 367. The molecule has 1 aliphatic rings. The molecule has 0 aliphatic carbocycles. The van der Waals surface area contributed by atoms with Gasteiger partial charge in [-0.25, -0.2) is 0 Å². The first kappa shape index (κ1) is 12.4. The molecule has 2 N–H and O–H groups in total. The maximum atomic E-state index is 9.16. The van der Waals surface area contributed by atoms with Crippen molar-refractivity contribution in [3.8, 4) is 0 Å². The molecule has 0 aromatic heterocycles. The van der Waals surface area contributed by atoms with E-state index < -0.39 is 0 Å². The van der Waals surface area contributed by atoms with Crippen LogP contribution >= 0.6 is 0 Å². The average Bonchev–Trinajstić information content (AvgIpc) is 2.32. The van der Waals surface area contributed by atoms with Crippen molar-refractivity contribution in [2.45, 2.75) is 32.4 Å².